The van der Waals surface area contributed by atoms with Gasteiger partial charge in [0.1, 0.15) is 0 Å². The Morgan fingerprint density at radius 2 is 1.30 bits per heavy atom. The number of hydrogen-bond acceptors (Lipinski definition) is 2. The first-order valence-electron chi connectivity index (χ1n) is 8.63. The second-order valence-electron chi connectivity index (χ2n) is 5.98. The van der Waals surface area contributed by atoms with E-state index in [-0.39, 0.29) is 12.0 Å². The zero-order valence-electron chi connectivity index (χ0n) is 13.4. The van der Waals surface area contributed by atoms with Crippen molar-refractivity contribution in [3.8, 4) is 0 Å². The number of carbonyl (C=O) groups is 1. The molecule has 0 saturated heterocycles. The van der Waals surface area contributed by atoms with Crippen molar-refractivity contribution in [2.75, 3.05) is 0 Å². The largest absolute Gasteiger partial charge is 0.393 e. The van der Waals surface area contributed by atoms with Crippen LogP contribution in [0.2, 0.25) is 0 Å². The highest BCUT2D eigenvalue weighted by atomic mass is 16.3. The summed E-state index contributed by atoms with van der Waals surface area (Å²) in [5.41, 5.74) is 5.09. The van der Waals surface area contributed by atoms with Gasteiger partial charge in [-0.2, -0.15) is 0 Å². The smallest absolute Gasteiger partial charge is 0.217 e. The Labute approximate surface area is 125 Å². The van der Waals surface area contributed by atoms with E-state index in [9.17, 15) is 9.90 Å². The van der Waals surface area contributed by atoms with Gasteiger partial charge in [-0.25, -0.2) is 0 Å². The fourth-order valence-electron chi connectivity index (χ4n) is 2.51. The first-order chi connectivity index (χ1) is 9.66. The first kappa shape index (κ1) is 19.4. The van der Waals surface area contributed by atoms with Crippen molar-refractivity contribution < 1.29 is 9.90 Å². The lowest BCUT2D eigenvalue weighted by atomic mass is 10.0. The number of unbranched alkanes of at least 4 members (excludes halogenated alkanes) is 9. The number of primary amides is 1. The Morgan fingerprint density at radius 3 is 1.80 bits per heavy atom. The Bertz CT molecular complexity index is 219. The third-order valence-electron chi connectivity index (χ3n) is 3.85. The third-order valence-corrected chi connectivity index (χ3v) is 3.85. The summed E-state index contributed by atoms with van der Waals surface area (Å²) in [5.74, 6) is -0.188. The molecule has 20 heavy (non-hydrogen) atoms. The fourth-order valence-corrected chi connectivity index (χ4v) is 2.51. The molecule has 0 aromatic carbocycles. The topological polar surface area (TPSA) is 63.3 Å². The fraction of sp³-hybridized carbons (Fsp3) is 0.941. The molecule has 0 radical (unpaired) electrons. The van der Waals surface area contributed by atoms with Crippen LogP contribution in [0.15, 0.2) is 0 Å². The zero-order chi connectivity index (χ0) is 15.1. The molecule has 0 aliphatic heterocycles. The van der Waals surface area contributed by atoms with Gasteiger partial charge in [0.25, 0.3) is 0 Å². The molecule has 0 spiro atoms. The number of aliphatic hydroxyl groups excluding tert-OH is 1. The zero-order valence-corrected chi connectivity index (χ0v) is 13.4. The van der Waals surface area contributed by atoms with Crippen LogP contribution >= 0.6 is 0 Å². The molecule has 0 aliphatic rings. The maximum Gasteiger partial charge on any atom is 0.217 e. The maximum absolute atomic E-state index is 10.5. The van der Waals surface area contributed by atoms with Gasteiger partial charge in [-0.15, -0.1) is 0 Å². The number of carbonyl (C=O) groups excluding carboxylic acids is 1. The summed E-state index contributed by atoms with van der Waals surface area (Å²) in [5, 5.41) is 9.86. The van der Waals surface area contributed by atoms with Crippen LogP contribution in [0.25, 0.3) is 0 Å². The molecule has 0 aromatic heterocycles. The van der Waals surface area contributed by atoms with E-state index in [1.165, 1.54) is 51.4 Å². The van der Waals surface area contributed by atoms with Gasteiger partial charge in [0.2, 0.25) is 5.91 Å². The van der Waals surface area contributed by atoms with E-state index < -0.39 is 0 Å². The van der Waals surface area contributed by atoms with Gasteiger partial charge in [0.05, 0.1) is 6.10 Å². The predicted octanol–water partition coefficient (Wildman–Crippen LogP) is 4.31. The summed E-state index contributed by atoms with van der Waals surface area (Å²) in [4.78, 5) is 10.5. The van der Waals surface area contributed by atoms with E-state index in [2.05, 4.69) is 6.92 Å². The van der Waals surface area contributed by atoms with Gasteiger partial charge < -0.3 is 10.8 Å². The molecular formula is C17H35NO2. The second-order valence-corrected chi connectivity index (χ2v) is 5.98. The minimum absolute atomic E-state index is 0.0912. The van der Waals surface area contributed by atoms with Crippen LogP contribution in [0.5, 0.6) is 0 Å². The summed E-state index contributed by atoms with van der Waals surface area (Å²) in [6, 6.07) is 0. The number of aliphatic hydroxyl groups is 1. The van der Waals surface area contributed by atoms with Gasteiger partial charge >= 0.3 is 0 Å². The van der Waals surface area contributed by atoms with Gasteiger partial charge in [-0.05, 0) is 19.3 Å². The van der Waals surface area contributed by atoms with Gasteiger partial charge in [0.15, 0.2) is 0 Å². The van der Waals surface area contributed by atoms with Gasteiger partial charge in [-0.3, -0.25) is 4.79 Å². The Kier molecular flexibility index (Phi) is 14.4. The summed E-state index contributed by atoms with van der Waals surface area (Å²) in [6.45, 7) is 2.22. The number of nitrogens with two attached hydrogens (primary N) is 1. The van der Waals surface area contributed by atoms with E-state index in [0.29, 0.717) is 6.42 Å². The third kappa shape index (κ3) is 15.5. The predicted molar refractivity (Wildman–Crippen MR) is 85.5 cm³/mol. The van der Waals surface area contributed by atoms with Crippen LogP contribution < -0.4 is 5.73 Å². The molecule has 0 rings (SSSR count). The SMILES string of the molecule is CCCCCCCC(O)CCCCCCCCC(N)=O. The minimum Gasteiger partial charge on any atom is -0.393 e. The molecule has 0 aliphatic carbocycles. The van der Waals surface area contributed by atoms with Crippen LogP contribution in [0.1, 0.15) is 96.8 Å². The first-order valence-corrected chi connectivity index (χ1v) is 8.63. The average Bonchev–Trinajstić information content (AvgIpc) is 2.41. The lowest BCUT2D eigenvalue weighted by molar-refractivity contribution is -0.118. The van der Waals surface area contributed by atoms with Crippen molar-refractivity contribution in [3.05, 3.63) is 0 Å². The highest BCUT2D eigenvalue weighted by molar-refractivity contribution is 5.73. The highest BCUT2D eigenvalue weighted by Crippen LogP contribution is 2.13. The highest BCUT2D eigenvalue weighted by Gasteiger charge is 2.03. The second kappa shape index (κ2) is 14.8. The Hall–Kier alpha value is -0.570. The Morgan fingerprint density at radius 1 is 0.850 bits per heavy atom. The van der Waals surface area contributed by atoms with Crippen LogP contribution in [-0.2, 0) is 4.79 Å². The molecule has 1 unspecified atom stereocenters. The molecule has 120 valence electrons. The lowest BCUT2D eigenvalue weighted by Gasteiger charge is -2.10. The summed E-state index contributed by atoms with van der Waals surface area (Å²) in [6.07, 6.45) is 15.5. The van der Waals surface area contributed by atoms with E-state index in [1.807, 2.05) is 0 Å². The van der Waals surface area contributed by atoms with Crippen molar-refractivity contribution in [2.45, 2.75) is 103 Å². The molecule has 0 heterocycles. The molecule has 0 bridgehead atoms. The van der Waals surface area contributed by atoms with Gasteiger partial charge in [-0.1, -0.05) is 71.1 Å². The van der Waals surface area contributed by atoms with Crippen molar-refractivity contribution in [1.82, 2.24) is 0 Å². The van der Waals surface area contributed by atoms with Crippen LogP contribution in [-0.4, -0.2) is 17.1 Å². The lowest BCUT2D eigenvalue weighted by Crippen LogP contribution is -2.09. The van der Waals surface area contributed by atoms with Crippen molar-refractivity contribution >= 4 is 5.91 Å². The molecule has 3 N–H and O–H groups in total. The summed E-state index contributed by atoms with van der Waals surface area (Å²) >= 11 is 0. The molecule has 1 atom stereocenters. The Balaban J connectivity index is 3.15. The molecule has 3 nitrogen and oxygen atoms in total. The molecule has 0 fully saturated rings. The minimum atomic E-state index is -0.188. The van der Waals surface area contributed by atoms with Gasteiger partial charge in [0, 0.05) is 6.42 Å². The summed E-state index contributed by atoms with van der Waals surface area (Å²) < 4.78 is 0. The quantitative estimate of drug-likeness (QED) is 0.440. The maximum atomic E-state index is 10.5. The number of rotatable bonds is 15. The molecule has 3 heteroatoms. The van der Waals surface area contributed by atoms with Crippen molar-refractivity contribution in [1.29, 1.82) is 0 Å². The van der Waals surface area contributed by atoms with E-state index in [4.69, 9.17) is 5.73 Å². The van der Waals surface area contributed by atoms with E-state index in [1.54, 1.807) is 0 Å². The molecule has 0 aromatic rings. The van der Waals surface area contributed by atoms with Crippen molar-refractivity contribution in [2.24, 2.45) is 5.73 Å². The normalized spacial score (nSPS) is 12.5. The number of amides is 1. The van der Waals surface area contributed by atoms with E-state index >= 15 is 0 Å². The van der Waals surface area contributed by atoms with Crippen LogP contribution in [0.4, 0.5) is 0 Å². The molecule has 1 amide bonds. The van der Waals surface area contributed by atoms with Crippen molar-refractivity contribution in [3.63, 3.8) is 0 Å². The molecule has 0 saturated carbocycles. The van der Waals surface area contributed by atoms with Crippen LogP contribution in [0, 0.1) is 0 Å². The van der Waals surface area contributed by atoms with Crippen LogP contribution in [0.3, 0.4) is 0 Å². The molecular weight excluding hydrogens is 250 g/mol. The standard InChI is InChI=1S/C17H35NO2/c1-2-3-4-7-10-13-16(19)14-11-8-5-6-9-12-15-17(18)20/h16,19H,2-15H2,1H3,(H2,18,20). The monoisotopic (exact) mass is 285 g/mol. The van der Waals surface area contributed by atoms with E-state index in [0.717, 1.165) is 32.1 Å². The summed E-state index contributed by atoms with van der Waals surface area (Å²) in [7, 11) is 0. The average molecular weight is 285 g/mol. The number of hydrogen-bond donors (Lipinski definition) is 2.